The fraction of sp³-hybridized carbons (Fsp3) is 0. The molecule has 2 aromatic rings. The molecule has 0 aliphatic carbocycles. The number of hydrogen-bond donors (Lipinski definition) is 1. The number of aromatic carboxylic acids is 1. The standard InChI is InChI=1S/C11H4Cl4O2/c12-5-3-1-2-4-6(5)8(13)10(15)9(14)7(4)11(16)17/h1-3H,(H,16,17). The quantitative estimate of drug-likeness (QED) is 0.739. The highest BCUT2D eigenvalue weighted by molar-refractivity contribution is 6.53. The zero-order valence-electron chi connectivity index (χ0n) is 8.10. The van der Waals surface area contributed by atoms with Crippen LogP contribution in [0, 0.1) is 0 Å². The normalized spacial score (nSPS) is 10.8. The van der Waals surface area contributed by atoms with Crippen molar-refractivity contribution < 1.29 is 9.90 Å². The van der Waals surface area contributed by atoms with Crippen LogP contribution in [0.3, 0.4) is 0 Å². The third kappa shape index (κ3) is 1.95. The van der Waals surface area contributed by atoms with Crippen LogP contribution >= 0.6 is 46.4 Å². The highest BCUT2D eigenvalue weighted by atomic mass is 35.5. The topological polar surface area (TPSA) is 37.3 Å². The molecular formula is C11H4Cl4O2. The molecule has 0 amide bonds. The number of carboxylic acids is 1. The van der Waals surface area contributed by atoms with E-state index in [1.165, 1.54) is 0 Å². The summed E-state index contributed by atoms with van der Waals surface area (Å²) >= 11 is 23.8. The van der Waals surface area contributed by atoms with Crippen LogP contribution in [0.4, 0.5) is 0 Å². The highest BCUT2D eigenvalue weighted by Gasteiger charge is 2.21. The molecule has 0 unspecified atom stereocenters. The van der Waals surface area contributed by atoms with E-state index in [1.807, 2.05) is 0 Å². The molecule has 0 bridgehead atoms. The van der Waals surface area contributed by atoms with E-state index in [-0.39, 0.29) is 20.6 Å². The smallest absolute Gasteiger partial charge is 0.337 e. The molecule has 0 fully saturated rings. The number of carbonyl (C=O) groups is 1. The van der Waals surface area contributed by atoms with E-state index >= 15 is 0 Å². The predicted octanol–water partition coefficient (Wildman–Crippen LogP) is 5.15. The van der Waals surface area contributed by atoms with Crippen molar-refractivity contribution in [1.29, 1.82) is 0 Å². The van der Waals surface area contributed by atoms with E-state index in [1.54, 1.807) is 18.2 Å². The van der Waals surface area contributed by atoms with E-state index in [2.05, 4.69) is 0 Å². The first-order valence-corrected chi connectivity index (χ1v) is 5.94. The van der Waals surface area contributed by atoms with Gasteiger partial charge in [0.1, 0.15) is 0 Å². The summed E-state index contributed by atoms with van der Waals surface area (Å²) < 4.78 is 0. The first kappa shape index (κ1) is 12.8. The second-order valence-corrected chi connectivity index (χ2v) is 4.83. The predicted molar refractivity (Wildman–Crippen MR) is 70.9 cm³/mol. The Morgan fingerprint density at radius 2 is 1.65 bits per heavy atom. The summed E-state index contributed by atoms with van der Waals surface area (Å²) in [5.41, 5.74) is -0.0985. The van der Waals surface area contributed by atoms with E-state index in [9.17, 15) is 4.79 Å². The fourth-order valence-corrected chi connectivity index (χ4v) is 2.73. The Kier molecular flexibility index (Phi) is 3.41. The summed E-state index contributed by atoms with van der Waals surface area (Å²) in [6.07, 6.45) is 0. The highest BCUT2D eigenvalue weighted by Crippen LogP contribution is 2.42. The van der Waals surface area contributed by atoms with Gasteiger partial charge in [-0.3, -0.25) is 0 Å². The Morgan fingerprint density at radius 3 is 2.24 bits per heavy atom. The first-order valence-electron chi connectivity index (χ1n) is 4.43. The molecule has 0 spiro atoms. The SMILES string of the molecule is O=C(O)c1c(Cl)c(Cl)c(Cl)c2c(Cl)cccc12. The summed E-state index contributed by atoms with van der Waals surface area (Å²) in [6.45, 7) is 0. The average Bonchev–Trinajstić information content (AvgIpc) is 2.25. The summed E-state index contributed by atoms with van der Waals surface area (Å²) in [7, 11) is 0. The fourth-order valence-electron chi connectivity index (χ4n) is 1.60. The number of halogens is 4. The molecule has 2 aromatic carbocycles. The van der Waals surface area contributed by atoms with Crippen LogP contribution in [0.2, 0.25) is 20.1 Å². The molecule has 0 aliphatic heterocycles. The molecule has 88 valence electrons. The maximum atomic E-state index is 11.2. The van der Waals surface area contributed by atoms with Crippen molar-refractivity contribution >= 4 is 63.1 Å². The summed E-state index contributed by atoms with van der Waals surface area (Å²) in [5, 5.41) is 10.3. The second kappa shape index (κ2) is 4.54. The molecule has 0 saturated carbocycles. The lowest BCUT2D eigenvalue weighted by Crippen LogP contribution is -2.00. The lowest BCUT2D eigenvalue weighted by atomic mass is 10.0. The Bertz CT molecular complexity index is 637. The maximum Gasteiger partial charge on any atom is 0.337 e. The van der Waals surface area contributed by atoms with E-state index < -0.39 is 5.97 Å². The van der Waals surface area contributed by atoms with Gasteiger partial charge in [-0.2, -0.15) is 0 Å². The van der Waals surface area contributed by atoms with Gasteiger partial charge in [0, 0.05) is 15.8 Å². The average molecular weight is 310 g/mol. The number of rotatable bonds is 1. The monoisotopic (exact) mass is 308 g/mol. The van der Waals surface area contributed by atoms with Gasteiger partial charge >= 0.3 is 5.97 Å². The minimum absolute atomic E-state index is 0.00802. The van der Waals surface area contributed by atoms with Crippen LogP contribution in [0.1, 0.15) is 10.4 Å². The van der Waals surface area contributed by atoms with Crippen molar-refractivity contribution in [3.63, 3.8) is 0 Å². The molecule has 17 heavy (non-hydrogen) atoms. The van der Waals surface area contributed by atoms with E-state index in [4.69, 9.17) is 51.5 Å². The third-order valence-corrected chi connectivity index (χ3v) is 3.96. The zero-order chi connectivity index (χ0) is 12.7. The Morgan fingerprint density at radius 1 is 1.00 bits per heavy atom. The molecule has 0 heterocycles. The molecule has 2 nitrogen and oxygen atoms in total. The third-order valence-electron chi connectivity index (χ3n) is 2.32. The van der Waals surface area contributed by atoms with Crippen molar-refractivity contribution in [2.45, 2.75) is 0 Å². The second-order valence-electron chi connectivity index (χ2n) is 3.28. The molecule has 0 aliphatic rings. The van der Waals surface area contributed by atoms with Gasteiger partial charge in [-0.05, 0) is 6.07 Å². The number of fused-ring (bicyclic) bond motifs is 1. The summed E-state index contributed by atoms with van der Waals surface area (Å²) in [6, 6.07) is 4.81. The molecule has 2 rings (SSSR count). The van der Waals surface area contributed by atoms with Crippen LogP contribution in [-0.4, -0.2) is 11.1 Å². The molecule has 0 aromatic heterocycles. The van der Waals surface area contributed by atoms with Crippen molar-refractivity contribution in [3.8, 4) is 0 Å². The largest absolute Gasteiger partial charge is 0.478 e. The maximum absolute atomic E-state index is 11.2. The van der Waals surface area contributed by atoms with Gasteiger partial charge < -0.3 is 5.11 Å². The van der Waals surface area contributed by atoms with Crippen molar-refractivity contribution in [3.05, 3.63) is 43.9 Å². The number of hydrogen-bond acceptors (Lipinski definition) is 1. The van der Waals surface area contributed by atoms with Gasteiger partial charge in [-0.25, -0.2) is 4.79 Å². The minimum Gasteiger partial charge on any atom is -0.478 e. The Balaban J connectivity index is 3.10. The molecule has 0 saturated heterocycles. The molecule has 0 radical (unpaired) electrons. The summed E-state index contributed by atoms with van der Waals surface area (Å²) in [5.74, 6) is -1.18. The zero-order valence-corrected chi connectivity index (χ0v) is 11.1. The Hall–Kier alpha value is -0.670. The van der Waals surface area contributed by atoms with Gasteiger partial charge in [0.2, 0.25) is 0 Å². The van der Waals surface area contributed by atoms with E-state index in [0.717, 1.165) is 0 Å². The van der Waals surface area contributed by atoms with Crippen LogP contribution < -0.4 is 0 Å². The molecule has 6 heteroatoms. The van der Waals surface area contributed by atoms with Crippen LogP contribution in [0.25, 0.3) is 10.8 Å². The molecule has 0 atom stereocenters. The molecular weight excluding hydrogens is 306 g/mol. The van der Waals surface area contributed by atoms with Crippen molar-refractivity contribution in [2.24, 2.45) is 0 Å². The van der Waals surface area contributed by atoms with Crippen LogP contribution in [0.15, 0.2) is 18.2 Å². The lowest BCUT2D eigenvalue weighted by Gasteiger charge is -2.10. The summed E-state index contributed by atoms with van der Waals surface area (Å²) in [4.78, 5) is 11.2. The van der Waals surface area contributed by atoms with Crippen molar-refractivity contribution in [1.82, 2.24) is 0 Å². The minimum atomic E-state index is -1.18. The van der Waals surface area contributed by atoms with Crippen LogP contribution in [-0.2, 0) is 0 Å². The van der Waals surface area contributed by atoms with Gasteiger partial charge in [-0.1, -0.05) is 58.5 Å². The Labute approximate surface area is 117 Å². The number of benzene rings is 2. The number of carboxylic acid groups (broad SMARTS) is 1. The van der Waals surface area contributed by atoms with Crippen molar-refractivity contribution in [2.75, 3.05) is 0 Å². The van der Waals surface area contributed by atoms with Gasteiger partial charge in [0.05, 0.1) is 20.6 Å². The van der Waals surface area contributed by atoms with Gasteiger partial charge in [0.15, 0.2) is 0 Å². The molecule has 1 N–H and O–H groups in total. The van der Waals surface area contributed by atoms with Gasteiger partial charge in [0.25, 0.3) is 0 Å². The van der Waals surface area contributed by atoms with E-state index in [0.29, 0.717) is 15.8 Å². The van der Waals surface area contributed by atoms with Crippen LogP contribution in [0.5, 0.6) is 0 Å². The van der Waals surface area contributed by atoms with Gasteiger partial charge in [-0.15, -0.1) is 0 Å². The first-order chi connectivity index (χ1) is 7.95. The lowest BCUT2D eigenvalue weighted by molar-refractivity contribution is 0.0699.